The molecule has 0 radical (unpaired) electrons. The van der Waals surface area contributed by atoms with Crippen molar-refractivity contribution in [3.63, 3.8) is 0 Å². The minimum Gasteiger partial charge on any atom is -0.363 e. The van der Waals surface area contributed by atoms with Crippen LogP contribution in [-0.2, 0) is 32.0 Å². The summed E-state index contributed by atoms with van der Waals surface area (Å²) in [6.07, 6.45) is 2.87. The van der Waals surface area contributed by atoms with Crippen molar-refractivity contribution in [2.45, 2.75) is 90.9 Å². The van der Waals surface area contributed by atoms with Crippen molar-refractivity contribution in [1.82, 2.24) is 20.9 Å². The molecule has 5 amide bonds. The van der Waals surface area contributed by atoms with Gasteiger partial charge in [-0.2, -0.15) is 0 Å². The molecule has 218 valence electrons. The lowest BCUT2D eigenvalue weighted by atomic mass is 9.93. The van der Waals surface area contributed by atoms with Gasteiger partial charge in [0.25, 0.3) is 5.91 Å². The van der Waals surface area contributed by atoms with Crippen LogP contribution in [0.25, 0.3) is 0 Å². The molecule has 2 aliphatic carbocycles. The minimum absolute atomic E-state index is 0.0615. The molecule has 1 aromatic rings. The molecule has 0 aromatic heterocycles. The molecule has 1 saturated heterocycles. The topological polar surface area (TPSA) is 151 Å². The summed E-state index contributed by atoms with van der Waals surface area (Å²) in [5, 5.41) is 8.58. The van der Waals surface area contributed by atoms with Crippen LogP contribution in [0.4, 0.5) is 4.79 Å². The summed E-state index contributed by atoms with van der Waals surface area (Å²) >= 11 is 0. The van der Waals surface area contributed by atoms with E-state index in [-0.39, 0.29) is 41.5 Å². The van der Waals surface area contributed by atoms with E-state index in [4.69, 9.17) is 5.73 Å². The number of nitrogens with zero attached hydrogens (tertiary/aromatic N) is 1. The van der Waals surface area contributed by atoms with E-state index in [2.05, 4.69) is 29.8 Å². The van der Waals surface area contributed by atoms with Gasteiger partial charge in [0, 0.05) is 12.6 Å². The van der Waals surface area contributed by atoms with Crippen LogP contribution in [0.1, 0.15) is 65.0 Å². The predicted octanol–water partition coefficient (Wildman–Crippen LogP) is 1.69. The van der Waals surface area contributed by atoms with Crippen LogP contribution in [0.5, 0.6) is 0 Å². The zero-order chi connectivity index (χ0) is 29.4. The monoisotopic (exact) mass is 553 g/mol. The second-order valence-corrected chi connectivity index (χ2v) is 12.3. The smallest absolute Gasteiger partial charge is 0.315 e. The Morgan fingerprint density at radius 3 is 2.20 bits per heavy atom. The highest BCUT2D eigenvalue weighted by molar-refractivity contribution is 6.37. The fourth-order valence-electron chi connectivity index (χ4n) is 6.70. The number of piperidine rings is 1. The Kier molecular flexibility index (Phi) is 8.56. The number of carbonyl (C=O) groups is 5. The van der Waals surface area contributed by atoms with E-state index in [0.717, 1.165) is 17.5 Å². The first-order valence-corrected chi connectivity index (χ1v) is 14.5. The summed E-state index contributed by atoms with van der Waals surface area (Å²) in [7, 11) is 0. The highest BCUT2D eigenvalue weighted by Crippen LogP contribution is 2.65. The molecule has 4 unspecified atom stereocenters. The quantitative estimate of drug-likeness (QED) is 0.308. The van der Waals surface area contributed by atoms with Gasteiger partial charge in [-0.05, 0) is 66.9 Å². The van der Waals surface area contributed by atoms with Crippen LogP contribution >= 0.6 is 0 Å². The van der Waals surface area contributed by atoms with Gasteiger partial charge >= 0.3 is 6.03 Å². The number of hydrogen-bond acceptors (Lipinski definition) is 5. The van der Waals surface area contributed by atoms with Gasteiger partial charge in [0.05, 0.1) is 6.04 Å². The third kappa shape index (κ3) is 5.71. The average molecular weight is 554 g/mol. The molecule has 1 aromatic carbocycles. The van der Waals surface area contributed by atoms with Crippen molar-refractivity contribution >= 4 is 29.5 Å². The van der Waals surface area contributed by atoms with Crippen LogP contribution in [-0.4, -0.2) is 65.1 Å². The van der Waals surface area contributed by atoms with Crippen molar-refractivity contribution in [3.05, 3.63) is 35.4 Å². The van der Waals surface area contributed by atoms with Crippen LogP contribution in [0, 0.1) is 23.2 Å². The number of Topliss-reactive ketones (excluding diaryl/α,β-unsaturated/α-hetero) is 1. The van der Waals surface area contributed by atoms with Gasteiger partial charge in [-0.3, -0.25) is 19.2 Å². The summed E-state index contributed by atoms with van der Waals surface area (Å²) in [4.78, 5) is 66.6. The van der Waals surface area contributed by atoms with E-state index in [1.54, 1.807) is 4.90 Å². The standard InChI is InChI=1S/C30H43N5O5/c1-6-10-21(25(36)26(31)37)33-27(38)24-22-20(30(22,4)5)15-35(24)28(39)23(34-29(40)32-16(3)7-2)19-13-17-11-8-9-12-18(17)14-19/h8-9,11-12,16,19-24H,6-7,10,13-15H2,1-5H3,(H2,31,37)(H,33,38)(H2,32,34,40)/t16?,20?,21?,22?,23-,24-/m0/s1. The molecule has 1 aliphatic heterocycles. The third-order valence-corrected chi connectivity index (χ3v) is 9.31. The molecular formula is C30H43N5O5. The summed E-state index contributed by atoms with van der Waals surface area (Å²) in [5.74, 6) is -2.82. The first-order valence-electron chi connectivity index (χ1n) is 14.5. The zero-order valence-electron chi connectivity index (χ0n) is 24.2. The Morgan fingerprint density at radius 2 is 1.65 bits per heavy atom. The highest BCUT2D eigenvalue weighted by Gasteiger charge is 2.69. The molecule has 1 heterocycles. The fraction of sp³-hybridized carbons (Fsp3) is 0.633. The lowest BCUT2D eigenvalue weighted by Gasteiger charge is -2.35. The lowest BCUT2D eigenvalue weighted by Crippen LogP contribution is -2.60. The van der Waals surface area contributed by atoms with Crippen LogP contribution in [0.2, 0.25) is 0 Å². The number of ketones is 1. The number of likely N-dealkylation sites (tertiary alicyclic amines) is 1. The number of hydrogen-bond donors (Lipinski definition) is 4. The normalized spacial score (nSPS) is 24.7. The van der Waals surface area contributed by atoms with Gasteiger partial charge in [0.2, 0.25) is 17.6 Å². The summed E-state index contributed by atoms with van der Waals surface area (Å²) in [6, 6.07) is 4.89. The fourth-order valence-corrected chi connectivity index (χ4v) is 6.70. The van der Waals surface area contributed by atoms with Gasteiger partial charge in [0.15, 0.2) is 0 Å². The van der Waals surface area contributed by atoms with E-state index in [1.165, 1.54) is 0 Å². The lowest BCUT2D eigenvalue weighted by molar-refractivity contribution is -0.144. The number of urea groups is 1. The molecule has 0 bridgehead atoms. The summed E-state index contributed by atoms with van der Waals surface area (Å²) in [5.41, 5.74) is 7.40. The number of nitrogens with one attached hydrogen (secondary N) is 3. The van der Waals surface area contributed by atoms with E-state index >= 15 is 0 Å². The second kappa shape index (κ2) is 11.6. The number of fused-ring (bicyclic) bond motifs is 2. The van der Waals surface area contributed by atoms with Crippen molar-refractivity contribution in [1.29, 1.82) is 0 Å². The number of benzene rings is 1. The minimum atomic E-state index is -1.10. The molecule has 2 fully saturated rings. The maximum absolute atomic E-state index is 14.3. The van der Waals surface area contributed by atoms with Gasteiger partial charge < -0.3 is 26.6 Å². The summed E-state index contributed by atoms with van der Waals surface area (Å²) in [6.45, 7) is 10.3. The van der Waals surface area contributed by atoms with E-state index in [0.29, 0.717) is 25.8 Å². The Bertz CT molecular complexity index is 1160. The van der Waals surface area contributed by atoms with Gasteiger partial charge in [-0.15, -0.1) is 0 Å². The maximum atomic E-state index is 14.3. The number of amides is 5. The molecule has 5 N–H and O–H groups in total. The molecule has 1 saturated carbocycles. The molecule has 4 rings (SSSR count). The Morgan fingerprint density at radius 1 is 1.02 bits per heavy atom. The van der Waals surface area contributed by atoms with Crippen LogP contribution in [0.3, 0.4) is 0 Å². The average Bonchev–Trinajstić information content (AvgIpc) is 3.29. The SMILES string of the molecule is CCCC(NC(=O)[C@@H]1C2C(CN1C(=O)[C@@H](NC(=O)NC(C)CC)C1Cc3ccccc3C1)C2(C)C)C(=O)C(N)=O. The first-order chi connectivity index (χ1) is 18.9. The predicted molar refractivity (Wildman–Crippen MR) is 150 cm³/mol. The number of carbonyl (C=O) groups excluding carboxylic acids is 5. The van der Waals surface area contributed by atoms with Gasteiger partial charge in [-0.1, -0.05) is 58.4 Å². The molecule has 3 aliphatic rings. The Hall–Kier alpha value is -3.43. The van der Waals surface area contributed by atoms with E-state index in [1.807, 2.05) is 45.0 Å². The molecule has 10 nitrogen and oxygen atoms in total. The Labute approximate surface area is 236 Å². The van der Waals surface area contributed by atoms with E-state index in [9.17, 15) is 24.0 Å². The second-order valence-electron chi connectivity index (χ2n) is 12.3. The van der Waals surface area contributed by atoms with Crippen LogP contribution < -0.4 is 21.7 Å². The number of nitrogens with two attached hydrogens (primary N) is 1. The van der Waals surface area contributed by atoms with Crippen LogP contribution in [0.15, 0.2) is 24.3 Å². The van der Waals surface area contributed by atoms with Crippen molar-refractivity contribution in [2.75, 3.05) is 6.54 Å². The molecule has 6 atom stereocenters. The van der Waals surface area contributed by atoms with Crippen molar-refractivity contribution in [3.8, 4) is 0 Å². The number of primary amides is 1. The van der Waals surface area contributed by atoms with Gasteiger partial charge in [-0.25, -0.2) is 4.79 Å². The van der Waals surface area contributed by atoms with E-state index < -0.39 is 41.8 Å². The summed E-state index contributed by atoms with van der Waals surface area (Å²) < 4.78 is 0. The Balaban J connectivity index is 1.59. The van der Waals surface area contributed by atoms with Crippen molar-refractivity contribution < 1.29 is 24.0 Å². The number of rotatable bonds is 11. The zero-order valence-corrected chi connectivity index (χ0v) is 24.2. The molecule has 0 spiro atoms. The highest BCUT2D eigenvalue weighted by atomic mass is 16.2. The first kappa shape index (κ1) is 29.6. The maximum Gasteiger partial charge on any atom is 0.315 e. The van der Waals surface area contributed by atoms with Crippen molar-refractivity contribution in [2.24, 2.45) is 28.9 Å². The molecule has 40 heavy (non-hydrogen) atoms. The largest absolute Gasteiger partial charge is 0.363 e. The molecule has 10 heteroatoms. The van der Waals surface area contributed by atoms with Gasteiger partial charge in [0.1, 0.15) is 12.1 Å². The molecular weight excluding hydrogens is 510 g/mol. The third-order valence-electron chi connectivity index (χ3n) is 9.31.